The Labute approximate surface area is 108 Å². The predicted molar refractivity (Wildman–Crippen MR) is 73.3 cm³/mol. The highest BCUT2D eigenvalue weighted by Gasteiger charge is 2.18. The molecule has 1 aliphatic carbocycles. The van der Waals surface area contributed by atoms with Crippen LogP contribution in [0, 0.1) is 0 Å². The second-order valence-corrected chi connectivity index (χ2v) is 5.03. The Kier molecular flexibility index (Phi) is 3.49. The molecular formula is C15H20N2O. The molecule has 1 saturated carbocycles. The van der Waals surface area contributed by atoms with Crippen molar-refractivity contribution in [3.05, 3.63) is 29.8 Å². The summed E-state index contributed by atoms with van der Waals surface area (Å²) in [6, 6.07) is 8.24. The van der Waals surface area contributed by atoms with Crippen molar-refractivity contribution < 1.29 is 4.74 Å². The summed E-state index contributed by atoms with van der Waals surface area (Å²) in [5, 5.41) is 3.32. The molecule has 0 amide bonds. The number of rotatable bonds is 3. The van der Waals surface area contributed by atoms with Crippen LogP contribution in [0.3, 0.4) is 0 Å². The van der Waals surface area contributed by atoms with Crippen molar-refractivity contribution >= 4 is 5.84 Å². The van der Waals surface area contributed by atoms with Gasteiger partial charge in [-0.3, -0.25) is 4.99 Å². The van der Waals surface area contributed by atoms with Gasteiger partial charge in [0, 0.05) is 6.54 Å². The van der Waals surface area contributed by atoms with Gasteiger partial charge in [-0.2, -0.15) is 0 Å². The topological polar surface area (TPSA) is 33.6 Å². The zero-order valence-electron chi connectivity index (χ0n) is 10.7. The smallest absolute Gasteiger partial charge is 0.132 e. The first-order valence-electron chi connectivity index (χ1n) is 6.98. The maximum absolute atomic E-state index is 6.18. The molecule has 2 aliphatic rings. The lowest BCUT2D eigenvalue weighted by atomic mass is 9.97. The molecule has 1 aromatic rings. The van der Waals surface area contributed by atoms with Crippen LogP contribution in [-0.2, 0) is 0 Å². The average Bonchev–Trinajstić information content (AvgIpc) is 2.94. The lowest BCUT2D eigenvalue weighted by Gasteiger charge is -2.24. The normalized spacial score (nSPS) is 20.3. The SMILES string of the molecule is c1ccc(C2=NCCN2)c(OC2CCCCC2)c1. The Morgan fingerprint density at radius 1 is 1.11 bits per heavy atom. The first-order valence-corrected chi connectivity index (χ1v) is 6.98. The number of hydrogen-bond donors (Lipinski definition) is 1. The van der Waals surface area contributed by atoms with Crippen LogP contribution in [0.5, 0.6) is 5.75 Å². The van der Waals surface area contributed by atoms with Gasteiger partial charge in [0.05, 0.1) is 18.2 Å². The largest absolute Gasteiger partial charge is 0.490 e. The van der Waals surface area contributed by atoms with E-state index < -0.39 is 0 Å². The minimum atomic E-state index is 0.391. The Morgan fingerprint density at radius 2 is 1.94 bits per heavy atom. The van der Waals surface area contributed by atoms with Gasteiger partial charge < -0.3 is 10.1 Å². The van der Waals surface area contributed by atoms with Crippen LogP contribution in [0.25, 0.3) is 0 Å². The van der Waals surface area contributed by atoms with Gasteiger partial charge in [-0.05, 0) is 37.8 Å². The summed E-state index contributed by atoms with van der Waals surface area (Å²) >= 11 is 0. The second kappa shape index (κ2) is 5.42. The number of nitrogens with one attached hydrogen (secondary N) is 1. The van der Waals surface area contributed by atoms with Gasteiger partial charge in [-0.15, -0.1) is 0 Å². The molecule has 1 heterocycles. The zero-order valence-corrected chi connectivity index (χ0v) is 10.7. The molecule has 0 unspecified atom stereocenters. The zero-order chi connectivity index (χ0) is 12.2. The van der Waals surface area contributed by atoms with E-state index in [2.05, 4.69) is 22.4 Å². The van der Waals surface area contributed by atoms with Crippen molar-refractivity contribution in [1.82, 2.24) is 5.32 Å². The number of hydrogen-bond acceptors (Lipinski definition) is 3. The van der Waals surface area contributed by atoms with Crippen LogP contribution in [0.15, 0.2) is 29.3 Å². The molecule has 0 saturated heterocycles. The lowest BCUT2D eigenvalue weighted by Crippen LogP contribution is -2.23. The third-order valence-corrected chi connectivity index (χ3v) is 3.66. The van der Waals surface area contributed by atoms with E-state index in [0.29, 0.717) is 6.10 Å². The van der Waals surface area contributed by atoms with E-state index in [1.165, 1.54) is 32.1 Å². The number of nitrogens with zero attached hydrogens (tertiary/aromatic N) is 1. The van der Waals surface area contributed by atoms with E-state index >= 15 is 0 Å². The predicted octanol–water partition coefficient (Wildman–Crippen LogP) is 2.75. The standard InChI is InChI=1S/C15H20N2O/c1-2-6-12(7-3-1)18-14-9-5-4-8-13(14)15-16-10-11-17-15/h4-5,8-9,12H,1-3,6-7,10-11H2,(H,16,17). The summed E-state index contributed by atoms with van der Waals surface area (Å²) in [5.74, 6) is 1.97. The highest BCUT2D eigenvalue weighted by Crippen LogP contribution is 2.26. The van der Waals surface area contributed by atoms with Crippen molar-refractivity contribution in [2.24, 2.45) is 4.99 Å². The summed E-state index contributed by atoms with van der Waals surface area (Å²) < 4.78 is 6.18. The highest BCUT2D eigenvalue weighted by molar-refractivity contribution is 6.02. The van der Waals surface area contributed by atoms with Crippen LogP contribution >= 0.6 is 0 Å². The van der Waals surface area contributed by atoms with Gasteiger partial charge in [0.2, 0.25) is 0 Å². The Hall–Kier alpha value is -1.51. The van der Waals surface area contributed by atoms with E-state index in [0.717, 1.165) is 30.2 Å². The fourth-order valence-electron chi connectivity index (χ4n) is 2.71. The Balaban J connectivity index is 1.78. The van der Waals surface area contributed by atoms with Gasteiger partial charge in [0.15, 0.2) is 0 Å². The molecule has 1 aliphatic heterocycles. The van der Waals surface area contributed by atoms with Gasteiger partial charge >= 0.3 is 0 Å². The first-order chi connectivity index (χ1) is 8.93. The number of aliphatic imine (C=N–C) groups is 1. The molecule has 0 bridgehead atoms. The van der Waals surface area contributed by atoms with Gasteiger partial charge in [-0.1, -0.05) is 18.6 Å². The number of para-hydroxylation sites is 1. The molecule has 0 atom stereocenters. The van der Waals surface area contributed by atoms with Crippen molar-refractivity contribution in [1.29, 1.82) is 0 Å². The van der Waals surface area contributed by atoms with Crippen molar-refractivity contribution in [3.8, 4) is 5.75 Å². The summed E-state index contributed by atoms with van der Waals surface area (Å²) in [4.78, 5) is 4.49. The molecule has 0 aromatic heterocycles. The number of amidine groups is 1. The van der Waals surface area contributed by atoms with Crippen LogP contribution in [0.2, 0.25) is 0 Å². The second-order valence-electron chi connectivity index (χ2n) is 5.03. The van der Waals surface area contributed by atoms with Gasteiger partial charge in [0.25, 0.3) is 0 Å². The molecule has 0 radical (unpaired) electrons. The molecule has 1 N–H and O–H groups in total. The third-order valence-electron chi connectivity index (χ3n) is 3.66. The molecule has 1 aromatic carbocycles. The minimum absolute atomic E-state index is 0.391. The first kappa shape index (κ1) is 11.6. The summed E-state index contributed by atoms with van der Waals surface area (Å²) in [6.45, 7) is 1.81. The van der Waals surface area contributed by atoms with E-state index in [9.17, 15) is 0 Å². The summed E-state index contributed by atoms with van der Waals surface area (Å²) in [5.41, 5.74) is 1.11. The molecule has 3 nitrogen and oxygen atoms in total. The van der Waals surface area contributed by atoms with Crippen molar-refractivity contribution in [2.75, 3.05) is 13.1 Å². The van der Waals surface area contributed by atoms with Crippen LogP contribution in [-0.4, -0.2) is 25.0 Å². The van der Waals surface area contributed by atoms with Crippen molar-refractivity contribution in [3.63, 3.8) is 0 Å². The maximum atomic E-state index is 6.18. The number of ether oxygens (including phenoxy) is 1. The molecule has 96 valence electrons. The average molecular weight is 244 g/mol. The van der Waals surface area contributed by atoms with Gasteiger partial charge in [0.1, 0.15) is 11.6 Å². The summed E-state index contributed by atoms with van der Waals surface area (Å²) in [6.07, 6.45) is 6.72. The van der Waals surface area contributed by atoms with Crippen molar-refractivity contribution in [2.45, 2.75) is 38.2 Å². The summed E-state index contributed by atoms with van der Waals surface area (Å²) in [7, 11) is 0. The van der Waals surface area contributed by atoms with E-state index in [-0.39, 0.29) is 0 Å². The number of benzene rings is 1. The van der Waals surface area contributed by atoms with Crippen LogP contribution in [0.4, 0.5) is 0 Å². The minimum Gasteiger partial charge on any atom is -0.490 e. The molecule has 3 rings (SSSR count). The molecular weight excluding hydrogens is 224 g/mol. The Bertz CT molecular complexity index is 436. The highest BCUT2D eigenvalue weighted by atomic mass is 16.5. The Morgan fingerprint density at radius 3 is 2.72 bits per heavy atom. The molecule has 0 spiro atoms. The molecule has 1 fully saturated rings. The molecule has 18 heavy (non-hydrogen) atoms. The maximum Gasteiger partial charge on any atom is 0.132 e. The van der Waals surface area contributed by atoms with Crippen LogP contribution < -0.4 is 10.1 Å². The monoisotopic (exact) mass is 244 g/mol. The van der Waals surface area contributed by atoms with E-state index in [1.54, 1.807) is 0 Å². The van der Waals surface area contributed by atoms with Gasteiger partial charge in [-0.25, -0.2) is 0 Å². The molecule has 3 heteroatoms. The fraction of sp³-hybridized carbons (Fsp3) is 0.533. The quantitative estimate of drug-likeness (QED) is 0.887. The van der Waals surface area contributed by atoms with E-state index in [4.69, 9.17) is 4.74 Å². The van der Waals surface area contributed by atoms with E-state index in [1.807, 2.05) is 12.1 Å². The lowest BCUT2D eigenvalue weighted by molar-refractivity contribution is 0.154. The van der Waals surface area contributed by atoms with Crippen LogP contribution in [0.1, 0.15) is 37.7 Å². The third kappa shape index (κ3) is 2.50. The fourth-order valence-corrected chi connectivity index (χ4v) is 2.71.